The van der Waals surface area contributed by atoms with Crippen molar-refractivity contribution in [2.45, 2.75) is 6.54 Å². The van der Waals surface area contributed by atoms with Crippen LogP contribution in [0.25, 0.3) is 5.52 Å². The van der Waals surface area contributed by atoms with Gasteiger partial charge in [0.25, 0.3) is 0 Å². The summed E-state index contributed by atoms with van der Waals surface area (Å²) in [5, 5.41) is 9.12. The lowest BCUT2D eigenvalue weighted by Crippen LogP contribution is -2.13. The molecule has 0 aliphatic rings. The van der Waals surface area contributed by atoms with E-state index in [1.807, 2.05) is 29.5 Å². The summed E-state index contributed by atoms with van der Waals surface area (Å²) in [6.07, 6.45) is 0. The van der Waals surface area contributed by atoms with Gasteiger partial charge in [-0.3, -0.25) is 4.40 Å². The first-order valence-electron chi connectivity index (χ1n) is 5.04. The lowest BCUT2D eigenvalue weighted by molar-refractivity contribution is 0.0693. The van der Waals surface area contributed by atoms with Crippen LogP contribution in [0.3, 0.4) is 0 Å². The van der Waals surface area contributed by atoms with Crippen LogP contribution in [0.15, 0.2) is 22.8 Å². The standard InChI is InChI=1S/C11H12BrN3O2/c1-14(2)6-9-13-10(11(16)17)7-4-3-5-8(12)15(7)9/h3-5H,6H2,1-2H3,(H,16,17). The van der Waals surface area contributed by atoms with Gasteiger partial charge >= 0.3 is 5.97 Å². The molecule has 0 fully saturated rings. The number of pyridine rings is 1. The van der Waals surface area contributed by atoms with Crippen molar-refractivity contribution in [3.8, 4) is 0 Å². The molecule has 2 rings (SSSR count). The number of hydrogen-bond donors (Lipinski definition) is 1. The fourth-order valence-electron chi connectivity index (χ4n) is 1.71. The number of carboxylic acid groups (broad SMARTS) is 1. The van der Waals surface area contributed by atoms with Crippen molar-refractivity contribution in [1.29, 1.82) is 0 Å². The second-order valence-corrected chi connectivity index (χ2v) is 4.80. The third kappa shape index (κ3) is 2.18. The molecule has 6 heteroatoms. The minimum absolute atomic E-state index is 0.0863. The molecule has 0 atom stereocenters. The number of aromatic carboxylic acids is 1. The van der Waals surface area contributed by atoms with Gasteiger partial charge in [0.1, 0.15) is 5.82 Å². The highest BCUT2D eigenvalue weighted by Gasteiger charge is 2.17. The zero-order valence-electron chi connectivity index (χ0n) is 9.51. The molecule has 0 aliphatic carbocycles. The Hall–Kier alpha value is -1.40. The van der Waals surface area contributed by atoms with Gasteiger partial charge in [0.2, 0.25) is 0 Å². The minimum Gasteiger partial charge on any atom is -0.476 e. The third-order valence-corrected chi connectivity index (χ3v) is 2.96. The van der Waals surface area contributed by atoms with E-state index in [1.165, 1.54) is 0 Å². The van der Waals surface area contributed by atoms with Crippen LogP contribution in [0.5, 0.6) is 0 Å². The van der Waals surface area contributed by atoms with E-state index >= 15 is 0 Å². The number of halogens is 1. The lowest BCUT2D eigenvalue weighted by Gasteiger charge is -2.09. The molecule has 2 aromatic heterocycles. The first-order chi connectivity index (χ1) is 8.00. The maximum Gasteiger partial charge on any atom is 0.356 e. The number of aromatic nitrogens is 2. The molecule has 90 valence electrons. The van der Waals surface area contributed by atoms with Gasteiger partial charge in [-0.05, 0) is 42.2 Å². The normalized spacial score (nSPS) is 11.3. The number of hydrogen-bond acceptors (Lipinski definition) is 3. The Labute approximate surface area is 107 Å². The van der Waals surface area contributed by atoms with Gasteiger partial charge in [-0.25, -0.2) is 9.78 Å². The summed E-state index contributed by atoms with van der Waals surface area (Å²) in [5.74, 6) is -0.305. The molecule has 0 unspecified atom stereocenters. The van der Waals surface area contributed by atoms with Crippen molar-refractivity contribution >= 4 is 27.4 Å². The van der Waals surface area contributed by atoms with E-state index in [0.29, 0.717) is 17.9 Å². The summed E-state index contributed by atoms with van der Waals surface area (Å²) in [7, 11) is 3.83. The Bertz CT molecular complexity index is 577. The van der Waals surface area contributed by atoms with E-state index in [0.717, 1.165) is 4.60 Å². The molecular weight excluding hydrogens is 286 g/mol. The predicted molar refractivity (Wildman–Crippen MR) is 67.2 cm³/mol. The van der Waals surface area contributed by atoms with Crippen LogP contribution in [-0.4, -0.2) is 39.5 Å². The minimum atomic E-state index is -1.01. The van der Waals surface area contributed by atoms with E-state index in [1.54, 1.807) is 12.1 Å². The number of nitrogens with zero attached hydrogens (tertiary/aromatic N) is 3. The Morgan fingerprint density at radius 1 is 1.53 bits per heavy atom. The second-order valence-electron chi connectivity index (χ2n) is 3.99. The fourth-order valence-corrected chi connectivity index (χ4v) is 2.26. The Kier molecular flexibility index (Phi) is 3.17. The van der Waals surface area contributed by atoms with Gasteiger partial charge in [0.05, 0.1) is 16.7 Å². The molecule has 0 bridgehead atoms. The van der Waals surface area contributed by atoms with Crippen LogP contribution in [-0.2, 0) is 6.54 Å². The summed E-state index contributed by atoms with van der Waals surface area (Å²) in [6.45, 7) is 0.580. The van der Waals surface area contributed by atoms with Gasteiger partial charge in [0, 0.05) is 0 Å². The Morgan fingerprint density at radius 2 is 2.24 bits per heavy atom. The van der Waals surface area contributed by atoms with Crippen LogP contribution < -0.4 is 0 Å². The van der Waals surface area contributed by atoms with Crippen LogP contribution in [0.2, 0.25) is 0 Å². The number of carboxylic acids is 1. The van der Waals surface area contributed by atoms with Crippen molar-refractivity contribution < 1.29 is 9.90 Å². The number of imidazole rings is 1. The zero-order valence-corrected chi connectivity index (χ0v) is 11.1. The van der Waals surface area contributed by atoms with Crippen molar-refractivity contribution in [2.24, 2.45) is 0 Å². The number of rotatable bonds is 3. The van der Waals surface area contributed by atoms with E-state index in [9.17, 15) is 4.79 Å². The van der Waals surface area contributed by atoms with Gasteiger partial charge in [-0.2, -0.15) is 0 Å². The molecular formula is C11H12BrN3O2. The summed E-state index contributed by atoms with van der Waals surface area (Å²) in [6, 6.07) is 5.41. The predicted octanol–water partition coefficient (Wildman–Crippen LogP) is 1.86. The smallest absolute Gasteiger partial charge is 0.356 e. The molecule has 0 amide bonds. The second kappa shape index (κ2) is 4.46. The molecule has 0 spiro atoms. The average Bonchev–Trinajstić information content (AvgIpc) is 2.57. The third-order valence-electron chi connectivity index (χ3n) is 2.34. The van der Waals surface area contributed by atoms with E-state index in [-0.39, 0.29) is 5.69 Å². The lowest BCUT2D eigenvalue weighted by atomic mass is 10.3. The molecule has 0 aliphatic heterocycles. The average molecular weight is 298 g/mol. The maximum atomic E-state index is 11.1. The van der Waals surface area contributed by atoms with Crippen molar-refractivity contribution in [3.05, 3.63) is 34.3 Å². The number of carbonyl (C=O) groups is 1. The largest absolute Gasteiger partial charge is 0.476 e. The Balaban J connectivity index is 2.71. The zero-order chi connectivity index (χ0) is 12.6. The molecule has 2 heterocycles. The van der Waals surface area contributed by atoms with Crippen molar-refractivity contribution in [1.82, 2.24) is 14.3 Å². The molecule has 2 aromatic rings. The first-order valence-corrected chi connectivity index (χ1v) is 5.84. The van der Waals surface area contributed by atoms with E-state index in [4.69, 9.17) is 5.11 Å². The number of fused-ring (bicyclic) bond motifs is 1. The summed E-state index contributed by atoms with van der Waals surface area (Å²) in [4.78, 5) is 17.2. The topological polar surface area (TPSA) is 57.8 Å². The van der Waals surface area contributed by atoms with E-state index < -0.39 is 5.97 Å². The van der Waals surface area contributed by atoms with Crippen molar-refractivity contribution in [2.75, 3.05) is 14.1 Å². The highest BCUT2D eigenvalue weighted by molar-refractivity contribution is 9.10. The Morgan fingerprint density at radius 3 is 2.82 bits per heavy atom. The molecule has 0 saturated carbocycles. The first kappa shape index (κ1) is 12.1. The SMILES string of the molecule is CN(C)Cc1nc(C(=O)O)c2cccc(Br)n12. The highest BCUT2D eigenvalue weighted by Crippen LogP contribution is 2.20. The van der Waals surface area contributed by atoms with Crippen LogP contribution in [0, 0.1) is 0 Å². The quantitative estimate of drug-likeness (QED) is 0.879. The van der Waals surface area contributed by atoms with Gasteiger partial charge in [0.15, 0.2) is 5.69 Å². The van der Waals surface area contributed by atoms with Crippen LogP contribution in [0.4, 0.5) is 0 Å². The molecule has 0 radical (unpaired) electrons. The van der Waals surface area contributed by atoms with E-state index in [2.05, 4.69) is 20.9 Å². The molecule has 1 N–H and O–H groups in total. The summed E-state index contributed by atoms with van der Waals surface area (Å²) in [5.41, 5.74) is 0.687. The van der Waals surface area contributed by atoms with Gasteiger partial charge < -0.3 is 10.0 Å². The summed E-state index contributed by atoms with van der Waals surface area (Å²) >= 11 is 3.41. The van der Waals surface area contributed by atoms with Crippen LogP contribution in [0.1, 0.15) is 16.3 Å². The summed E-state index contributed by atoms with van der Waals surface area (Å²) < 4.78 is 2.61. The monoisotopic (exact) mass is 297 g/mol. The van der Waals surface area contributed by atoms with Gasteiger partial charge in [-0.1, -0.05) is 6.07 Å². The van der Waals surface area contributed by atoms with Gasteiger partial charge in [-0.15, -0.1) is 0 Å². The van der Waals surface area contributed by atoms with Crippen molar-refractivity contribution in [3.63, 3.8) is 0 Å². The molecule has 0 aromatic carbocycles. The maximum absolute atomic E-state index is 11.1. The highest BCUT2D eigenvalue weighted by atomic mass is 79.9. The fraction of sp³-hybridized carbons (Fsp3) is 0.273. The molecule has 0 saturated heterocycles. The van der Waals surface area contributed by atoms with Crippen LogP contribution >= 0.6 is 15.9 Å². The molecule has 5 nitrogen and oxygen atoms in total. The molecule has 17 heavy (non-hydrogen) atoms.